The first kappa shape index (κ1) is 22.8. The molecule has 164 valence electrons. The molecule has 0 radical (unpaired) electrons. The quantitative estimate of drug-likeness (QED) is 0.454. The van der Waals surface area contributed by atoms with E-state index < -0.39 is 0 Å². The lowest BCUT2D eigenvalue weighted by atomic mass is 10.0. The van der Waals surface area contributed by atoms with Crippen LogP contribution in [0.15, 0.2) is 47.6 Å². The number of nitrogens with zero attached hydrogens (tertiary/aromatic N) is 3. The van der Waals surface area contributed by atoms with E-state index in [1.165, 1.54) is 23.9 Å². The van der Waals surface area contributed by atoms with Crippen molar-refractivity contribution in [3.63, 3.8) is 0 Å². The predicted molar refractivity (Wildman–Crippen MR) is 121 cm³/mol. The fraction of sp³-hybridized carbons (Fsp3) is 0.348. The summed E-state index contributed by atoms with van der Waals surface area (Å²) in [6, 6.07) is 12.0. The molecule has 31 heavy (non-hydrogen) atoms. The minimum atomic E-state index is -0.311. The van der Waals surface area contributed by atoms with Crippen molar-refractivity contribution in [1.29, 1.82) is 0 Å². The van der Waals surface area contributed by atoms with Crippen molar-refractivity contribution in [3.8, 4) is 5.75 Å². The summed E-state index contributed by atoms with van der Waals surface area (Å²) in [6.07, 6.45) is 1.72. The maximum absolute atomic E-state index is 13.0. The van der Waals surface area contributed by atoms with E-state index in [2.05, 4.69) is 29.4 Å². The van der Waals surface area contributed by atoms with Crippen molar-refractivity contribution in [3.05, 3.63) is 65.2 Å². The van der Waals surface area contributed by atoms with E-state index in [0.717, 1.165) is 29.7 Å². The lowest BCUT2D eigenvalue weighted by molar-refractivity contribution is -0.113. The molecule has 0 aliphatic rings. The fourth-order valence-corrected chi connectivity index (χ4v) is 4.06. The first-order valence-electron chi connectivity index (χ1n) is 10.4. The number of hydrogen-bond donors (Lipinski definition) is 1. The molecule has 2 aromatic carbocycles. The van der Waals surface area contributed by atoms with Crippen molar-refractivity contribution < 1.29 is 13.9 Å². The van der Waals surface area contributed by atoms with E-state index in [4.69, 9.17) is 4.74 Å². The van der Waals surface area contributed by atoms with E-state index in [1.54, 1.807) is 12.1 Å². The molecule has 0 spiro atoms. The third kappa shape index (κ3) is 5.85. The van der Waals surface area contributed by atoms with Crippen LogP contribution in [0.1, 0.15) is 37.7 Å². The van der Waals surface area contributed by atoms with Gasteiger partial charge < -0.3 is 14.6 Å². The number of para-hydroxylation sites is 1. The monoisotopic (exact) mass is 442 g/mol. The molecule has 3 aromatic rings. The van der Waals surface area contributed by atoms with E-state index in [0.29, 0.717) is 23.3 Å². The molecule has 8 heteroatoms. The Morgan fingerprint density at radius 2 is 1.74 bits per heavy atom. The molecule has 1 N–H and O–H groups in total. The van der Waals surface area contributed by atoms with E-state index in [-0.39, 0.29) is 24.1 Å². The minimum absolute atomic E-state index is 0.0737. The highest BCUT2D eigenvalue weighted by Crippen LogP contribution is 2.24. The van der Waals surface area contributed by atoms with Gasteiger partial charge >= 0.3 is 0 Å². The Morgan fingerprint density at radius 1 is 1.06 bits per heavy atom. The highest BCUT2D eigenvalue weighted by Gasteiger charge is 2.15. The second-order valence-corrected chi connectivity index (χ2v) is 7.82. The highest BCUT2D eigenvalue weighted by atomic mass is 32.2. The molecular weight excluding hydrogens is 415 g/mol. The fourth-order valence-electron chi connectivity index (χ4n) is 3.24. The van der Waals surface area contributed by atoms with Gasteiger partial charge in [0.05, 0.1) is 5.75 Å². The number of thioether (sulfide) groups is 1. The van der Waals surface area contributed by atoms with Crippen LogP contribution in [0.3, 0.4) is 0 Å². The lowest BCUT2D eigenvalue weighted by Crippen LogP contribution is -2.17. The van der Waals surface area contributed by atoms with Gasteiger partial charge in [-0.1, -0.05) is 43.8 Å². The Morgan fingerprint density at radius 3 is 2.35 bits per heavy atom. The molecule has 0 saturated carbocycles. The van der Waals surface area contributed by atoms with Crippen LogP contribution in [0.2, 0.25) is 0 Å². The summed E-state index contributed by atoms with van der Waals surface area (Å²) in [6.45, 7) is 7.01. The number of aryl methyl sites for hydroxylation is 2. The predicted octanol–water partition coefficient (Wildman–Crippen LogP) is 4.87. The van der Waals surface area contributed by atoms with Gasteiger partial charge in [-0.05, 0) is 55.2 Å². The number of aromatic nitrogens is 3. The highest BCUT2D eigenvalue weighted by molar-refractivity contribution is 7.99. The van der Waals surface area contributed by atoms with Crippen LogP contribution in [0.4, 0.5) is 10.1 Å². The zero-order valence-electron chi connectivity index (χ0n) is 18.0. The molecule has 1 amide bonds. The van der Waals surface area contributed by atoms with Crippen molar-refractivity contribution in [1.82, 2.24) is 14.8 Å². The lowest BCUT2D eigenvalue weighted by Gasteiger charge is -2.14. The van der Waals surface area contributed by atoms with Crippen molar-refractivity contribution in [2.75, 3.05) is 11.1 Å². The smallest absolute Gasteiger partial charge is 0.234 e. The normalized spacial score (nSPS) is 10.8. The van der Waals surface area contributed by atoms with Gasteiger partial charge in [-0.15, -0.1) is 10.2 Å². The first-order chi connectivity index (χ1) is 15.0. The average molecular weight is 443 g/mol. The van der Waals surface area contributed by atoms with Crippen molar-refractivity contribution in [2.24, 2.45) is 0 Å². The summed E-state index contributed by atoms with van der Waals surface area (Å²) in [5.74, 6) is 1.06. The number of benzene rings is 2. The topological polar surface area (TPSA) is 69.0 Å². The van der Waals surface area contributed by atoms with Crippen LogP contribution < -0.4 is 10.1 Å². The molecule has 1 heterocycles. The van der Waals surface area contributed by atoms with Gasteiger partial charge in [0.25, 0.3) is 0 Å². The third-order valence-electron chi connectivity index (χ3n) is 4.89. The van der Waals surface area contributed by atoms with Gasteiger partial charge in [-0.2, -0.15) is 0 Å². The maximum atomic E-state index is 13.0. The largest absolute Gasteiger partial charge is 0.486 e. The van der Waals surface area contributed by atoms with Gasteiger partial charge in [-0.3, -0.25) is 4.79 Å². The number of carbonyl (C=O) groups is 1. The molecule has 0 saturated heterocycles. The van der Waals surface area contributed by atoms with Gasteiger partial charge in [-0.25, -0.2) is 4.39 Å². The van der Waals surface area contributed by atoms with Gasteiger partial charge in [0.15, 0.2) is 11.0 Å². The van der Waals surface area contributed by atoms with E-state index in [1.807, 2.05) is 29.7 Å². The minimum Gasteiger partial charge on any atom is -0.486 e. The number of anilines is 1. The van der Waals surface area contributed by atoms with Crippen LogP contribution in [0.5, 0.6) is 5.75 Å². The molecule has 1 aromatic heterocycles. The Balaban J connectivity index is 1.62. The van der Waals surface area contributed by atoms with Crippen LogP contribution >= 0.6 is 11.8 Å². The molecule has 0 atom stereocenters. The van der Waals surface area contributed by atoms with Crippen LogP contribution in [-0.4, -0.2) is 26.4 Å². The Labute approximate surface area is 186 Å². The number of halogens is 1. The summed E-state index contributed by atoms with van der Waals surface area (Å²) in [5.41, 5.74) is 3.19. The Kier molecular flexibility index (Phi) is 8.06. The molecule has 6 nitrogen and oxygen atoms in total. The summed E-state index contributed by atoms with van der Waals surface area (Å²) < 4.78 is 20.6. The van der Waals surface area contributed by atoms with Crippen LogP contribution in [-0.2, 0) is 30.8 Å². The van der Waals surface area contributed by atoms with Crippen molar-refractivity contribution in [2.45, 2.75) is 51.9 Å². The first-order valence-corrected chi connectivity index (χ1v) is 11.4. The van der Waals surface area contributed by atoms with E-state index in [9.17, 15) is 9.18 Å². The number of carbonyl (C=O) groups excluding carboxylic acids is 1. The molecule has 3 rings (SSSR count). The van der Waals surface area contributed by atoms with Crippen molar-refractivity contribution >= 4 is 23.4 Å². The molecule has 0 unspecified atom stereocenters. The molecular formula is C23H27FN4O2S. The summed E-state index contributed by atoms with van der Waals surface area (Å²) in [7, 11) is 0. The molecule has 0 aliphatic heterocycles. The molecule has 0 fully saturated rings. The summed E-state index contributed by atoms with van der Waals surface area (Å²) >= 11 is 1.34. The molecule has 0 aliphatic carbocycles. The molecule has 0 bridgehead atoms. The maximum Gasteiger partial charge on any atom is 0.234 e. The van der Waals surface area contributed by atoms with Crippen LogP contribution in [0, 0.1) is 5.82 Å². The Bertz CT molecular complexity index is 999. The van der Waals surface area contributed by atoms with Gasteiger partial charge in [0.2, 0.25) is 5.91 Å². The zero-order chi connectivity index (χ0) is 22.2. The second kappa shape index (κ2) is 10.9. The van der Waals surface area contributed by atoms with E-state index >= 15 is 0 Å². The van der Waals surface area contributed by atoms with Gasteiger partial charge in [0.1, 0.15) is 18.2 Å². The number of rotatable bonds is 10. The number of nitrogens with one attached hydrogen (secondary N) is 1. The Hall–Kier alpha value is -2.87. The van der Waals surface area contributed by atoms with Crippen LogP contribution in [0.25, 0.3) is 0 Å². The standard InChI is InChI=1S/C23H27FN4O2S/c1-4-16-8-7-9-17(5-2)22(16)25-21(29)15-31-23-27-26-20(28(23)6-3)14-30-19-12-10-18(24)11-13-19/h7-13H,4-6,14-15H2,1-3H3,(H,25,29). The number of amides is 1. The van der Waals surface area contributed by atoms with Gasteiger partial charge in [0, 0.05) is 12.2 Å². The average Bonchev–Trinajstić information content (AvgIpc) is 3.19. The number of ether oxygens (including phenoxy) is 1. The third-order valence-corrected chi connectivity index (χ3v) is 5.85. The second-order valence-electron chi connectivity index (χ2n) is 6.88. The summed E-state index contributed by atoms with van der Waals surface area (Å²) in [5, 5.41) is 12.1. The number of hydrogen-bond acceptors (Lipinski definition) is 5. The SMILES string of the molecule is CCc1cccc(CC)c1NC(=O)CSc1nnc(COc2ccc(F)cc2)n1CC. The zero-order valence-corrected chi connectivity index (χ0v) is 18.8. The summed E-state index contributed by atoms with van der Waals surface area (Å²) in [4.78, 5) is 12.6.